The Hall–Kier alpha value is -2.39. The Bertz CT molecular complexity index is 741. The largest absolute Gasteiger partial charge is 0.381 e. The highest BCUT2D eigenvalue weighted by atomic mass is 16.5. The second-order valence-corrected chi connectivity index (χ2v) is 6.93. The fourth-order valence-electron chi connectivity index (χ4n) is 3.23. The zero-order valence-corrected chi connectivity index (χ0v) is 15.1. The minimum absolute atomic E-state index is 0.0787. The SMILES string of the molecule is O=C(c1cnccn1)N1CC(c2nc(CCOCC3CCOCC3)no2)C1. The smallest absolute Gasteiger partial charge is 0.274 e. The molecule has 2 aliphatic heterocycles. The third-order valence-corrected chi connectivity index (χ3v) is 4.95. The topological polar surface area (TPSA) is 103 Å². The van der Waals surface area contributed by atoms with Crippen molar-refractivity contribution in [2.75, 3.05) is 39.5 Å². The van der Waals surface area contributed by atoms with Gasteiger partial charge in [0.2, 0.25) is 5.89 Å². The minimum atomic E-state index is -0.124. The Labute approximate surface area is 157 Å². The normalized spacial score (nSPS) is 18.4. The molecule has 0 unspecified atom stereocenters. The third kappa shape index (κ3) is 4.48. The molecule has 2 fully saturated rings. The van der Waals surface area contributed by atoms with Crippen LogP contribution in [0.4, 0.5) is 0 Å². The second kappa shape index (κ2) is 8.53. The van der Waals surface area contributed by atoms with Crippen molar-refractivity contribution in [1.29, 1.82) is 0 Å². The number of ether oxygens (including phenoxy) is 2. The molecule has 2 aliphatic rings. The van der Waals surface area contributed by atoms with Crippen LogP contribution in [0.2, 0.25) is 0 Å². The van der Waals surface area contributed by atoms with Crippen molar-refractivity contribution in [3.05, 3.63) is 36.0 Å². The molecule has 2 aromatic rings. The zero-order chi connectivity index (χ0) is 18.5. The van der Waals surface area contributed by atoms with Crippen LogP contribution >= 0.6 is 0 Å². The Morgan fingerprint density at radius 3 is 2.89 bits per heavy atom. The van der Waals surface area contributed by atoms with E-state index in [1.165, 1.54) is 12.4 Å². The Morgan fingerprint density at radius 1 is 1.26 bits per heavy atom. The van der Waals surface area contributed by atoms with Crippen molar-refractivity contribution in [2.24, 2.45) is 5.92 Å². The first-order chi connectivity index (χ1) is 13.3. The molecule has 2 aromatic heterocycles. The van der Waals surface area contributed by atoms with Gasteiger partial charge in [0.05, 0.1) is 18.7 Å². The van der Waals surface area contributed by atoms with Crippen molar-refractivity contribution in [3.63, 3.8) is 0 Å². The van der Waals surface area contributed by atoms with E-state index < -0.39 is 0 Å². The highest BCUT2D eigenvalue weighted by Gasteiger charge is 2.36. The Kier molecular flexibility index (Phi) is 5.69. The molecule has 0 aromatic carbocycles. The van der Waals surface area contributed by atoms with Gasteiger partial charge in [-0.2, -0.15) is 4.98 Å². The molecule has 0 radical (unpaired) electrons. The maximum absolute atomic E-state index is 12.2. The lowest BCUT2D eigenvalue weighted by Crippen LogP contribution is -2.48. The lowest BCUT2D eigenvalue weighted by molar-refractivity contribution is 0.0211. The molecule has 0 bridgehead atoms. The summed E-state index contributed by atoms with van der Waals surface area (Å²) < 4.78 is 16.4. The standard InChI is InChI=1S/C18H23N5O4/c24-18(15-9-19-4-5-20-15)23-10-14(11-23)17-21-16(22-27-17)3-8-26-12-13-1-6-25-7-2-13/h4-5,9,13-14H,1-3,6-8,10-12H2. The first-order valence-electron chi connectivity index (χ1n) is 9.33. The number of amides is 1. The zero-order valence-electron chi connectivity index (χ0n) is 15.1. The summed E-state index contributed by atoms with van der Waals surface area (Å²) in [6.07, 6.45) is 7.29. The summed E-state index contributed by atoms with van der Waals surface area (Å²) in [4.78, 5) is 26.3. The number of nitrogens with zero attached hydrogens (tertiary/aromatic N) is 5. The van der Waals surface area contributed by atoms with Gasteiger partial charge in [0.1, 0.15) is 5.69 Å². The van der Waals surface area contributed by atoms with E-state index in [0.717, 1.165) is 32.7 Å². The minimum Gasteiger partial charge on any atom is -0.381 e. The maximum Gasteiger partial charge on any atom is 0.274 e. The number of likely N-dealkylation sites (tertiary alicyclic amines) is 1. The predicted octanol–water partition coefficient (Wildman–Crippen LogP) is 1.08. The van der Waals surface area contributed by atoms with Crippen LogP contribution in [0.5, 0.6) is 0 Å². The summed E-state index contributed by atoms with van der Waals surface area (Å²) in [5.41, 5.74) is 0.351. The van der Waals surface area contributed by atoms with Gasteiger partial charge in [-0.3, -0.25) is 9.78 Å². The summed E-state index contributed by atoms with van der Waals surface area (Å²) >= 11 is 0. The van der Waals surface area contributed by atoms with Gasteiger partial charge in [0.15, 0.2) is 5.82 Å². The van der Waals surface area contributed by atoms with Crippen molar-refractivity contribution >= 4 is 5.91 Å². The molecule has 4 heterocycles. The van der Waals surface area contributed by atoms with Crippen molar-refractivity contribution in [3.8, 4) is 0 Å². The molecule has 144 valence electrons. The van der Waals surface area contributed by atoms with E-state index in [9.17, 15) is 4.79 Å². The monoisotopic (exact) mass is 373 g/mol. The van der Waals surface area contributed by atoms with Crippen LogP contribution in [0.3, 0.4) is 0 Å². The van der Waals surface area contributed by atoms with E-state index in [2.05, 4.69) is 20.1 Å². The van der Waals surface area contributed by atoms with Gasteiger partial charge in [-0.1, -0.05) is 5.16 Å². The van der Waals surface area contributed by atoms with Crippen LogP contribution < -0.4 is 0 Å². The molecule has 1 amide bonds. The highest BCUT2D eigenvalue weighted by molar-refractivity contribution is 5.92. The van der Waals surface area contributed by atoms with Gasteiger partial charge in [0, 0.05) is 51.7 Å². The maximum atomic E-state index is 12.2. The first-order valence-corrected chi connectivity index (χ1v) is 9.33. The van der Waals surface area contributed by atoms with E-state index in [1.54, 1.807) is 11.1 Å². The average molecular weight is 373 g/mol. The van der Waals surface area contributed by atoms with Crippen molar-refractivity contribution in [2.45, 2.75) is 25.2 Å². The summed E-state index contributed by atoms with van der Waals surface area (Å²) in [5.74, 6) is 1.77. The fraction of sp³-hybridized carbons (Fsp3) is 0.611. The average Bonchev–Trinajstić information content (AvgIpc) is 3.14. The van der Waals surface area contributed by atoms with Crippen molar-refractivity contribution < 1.29 is 18.8 Å². The molecular weight excluding hydrogens is 350 g/mol. The molecule has 0 atom stereocenters. The summed E-state index contributed by atoms with van der Waals surface area (Å²) in [6.45, 7) is 4.11. The quantitative estimate of drug-likeness (QED) is 0.664. The molecule has 9 heteroatoms. The van der Waals surface area contributed by atoms with E-state index in [4.69, 9.17) is 14.0 Å². The molecular formula is C18H23N5O4. The van der Waals surface area contributed by atoms with Crippen LogP contribution in [0.15, 0.2) is 23.1 Å². The molecule has 2 saturated heterocycles. The number of carbonyl (C=O) groups excluding carboxylic acids is 1. The van der Waals surface area contributed by atoms with E-state index >= 15 is 0 Å². The second-order valence-electron chi connectivity index (χ2n) is 6.93. The molecule has 0 N–H and O–H groups in total. The molecule has 0 spiro atoms. The summed E-state index contributed by atoms with van der Waals surface area (Å²) in [7, 11) is 0. The molecule has 0 saturated carbocycles. The summed E-state index contributed by atoms with van der Waals surface area (Å²) in [5, 5.41) is 4.02. The van der Waals surface area contributed by atoms with Gasteiger partial charge < -0.3 is 18.9 Å². The molecule has 4 rings (SSSR count). The first kappa shape index (κ1) is 18.0. The number of rotatable bonds is 7. The summed E-state index contributed by atoms with van der Waals surface area (Å²) in [6, 6.07) is 0. The van der Waals surface area contributed by atoms with Gasteiger partial charge in [-0.15, -0.1) is 0 Å². The number of hydrogen-bond acceptors (Lipinski definition) is 8. The molecule has 27 heavy (non-hydrogen) atoms. The molecule has 0 aliphatic carbocycles. The van der Waals surface area contributed by atoms with E-state index in [1.807, 2.05) is 0 Å². The number of aromatic nitrogens is 4. The lowest BCUT2D eigenvalue weighted by atomic mass is 10.00. The number of carbonyl (C=O) groups is 1. The van der Waals surface area contributed by atoms with Gasteiger partial charge in [-0.25, -0.2) is 4.98 Å². The van der Waals surface area contributed by atoms with Crippen LogP contribution in [0.1, 0.15) is 41.0 Å². The number of hydrogen-bond donors (Lipinski definition) is 0. The van der Waals surface area contributed by atoms with Crippen LogP contribution in [0, 0.1) is 5.92 Å². The van der Waals surface area contributed by atoms with E-state index in [0.29, 0.717) is 49.4 Å². The van der Waals surface area contributed by atoms with Crippen molar-refractivity contribution in [1.82, 2.24) is 25.0 Å². The Balaban J connectivity index is 1.18. The third-order valence-electron chi connectivity index (χ3n) is 4.95. The predicted molar refractivity (Wildman–Crippen MR) is 93.0 cm³/mol. The van der Waals surface area contributed by atoms with E-state index in [-0.39, 0.29) is 11.8 Å². The van der Waals surface area contributed by atoms with Crippen LogP contribution in [0.25, 0.3) is 0 Å². The molecule has 9 nitrogen and oxygen atoms in total. The van der Waals surface area contributed by atoms with Gasteiger partial charge in [0.25, 0.3) is 5.91 Å². The highest BCUT2D eigenvalue weighted by Crippen LogP contribution is 2.26. The lowest BCUT2D eigenvalue weighted by Gasteiger charge is -2.36. The van der Waals surface area contributed by atoms with Crippen LogP contribution in [-0.2, 0) is 15.9 Å². The fourth-order valence-corrected chi connectivity index (χ4v) is 3.23. The Morgan fingerprint density at radius 2 is 2.11 bits per heavy atom. The van der Waals surface area contributed by atoms with Gasteiger partial charge >= 0.3 is 0 Å². The van der Waals surface area contributed by atoms with Gasteiger partial charge in [-0.05, 0) is 18.8 Å². The van der Waals surface area contributed by atoms with Crippen LogP contribution in [-0.4, -0.2) is 70.4 Å².